The molecule has 0 aliphatic rings. The van der Waals surface area contributed by atoms with Crippen LogP contribution < -0.4 is 11.1 Å². The fraction of sp³-hybridized carbons (Fsp3) is 0.391. The summed E-state index contributed by atoms with van der Waals surface area (Å²) in [5.74, 6) is -0.484. The lowest BCUT2D eigenvalue weighted by Gasteiger charge is -2.37. The fourth-order valence-electron chi connectivity index (χ4n) is 2.90. The van der Waals surface area contributed by atoms with E-state index in [0.717, 1.165) is 6.07 Å². The Morgan fingerprint density at radius 1 is 1.27 bits per heavy atom. The van der Waals surface area contributed by atoms with Crippen LogP contribution in [-0.4, -0.2) is 40.6 Å². The maximum atomic E-state index is 14.0. The third-order valence-electron chi connectivity index (χ3n) is 5.99. The van der Waals surface area contributed by atoms with Crippen molar-refractivity contribution in [2.24, 2.45) is 0 Å². The summed E-state index contributed by atoms with van der Waals surface area (Å²) in [4.78, 5) is 17.0. The molecular formula is C23H31FN6O2Si. The van der Waals surface area contributed by atoms with Gasteiger partial charge in [-0.2, -0.15) is 0 Å². The summed E-state index contributed by atoms with van der Waals surface area (Å²) in [6, 6.07) is 8.95. The minimum Gasteiger partial charge on any atom is -0.415 e. The standard InChI is InChI=1S/C23H31FN6O2Si/c1-15(13-32-33(5,6)23(2,3)4)30-14-26-29-21(30)19-8-7-9-20(27-19)28-22(31)17-12-16(25)10-11-18(17)24/h7-12,14-15H,13,25H2,1-6H3,(H,27,28,31). The van der Waals surface area contributed by atoms with E-state index in [2.05, 4.69) is 54.4 Å². The van der Waals surface area contributed by atoms with Gasteiger partial charge in [0, 0.05) is 5.69 Å². The lowest BCUT2D eigenvalue weighted by Crippen LogP contribution is -2.42. The van der Waals surface area contributed by atoms with Gasteiger partial charge in [0.2, 0.25) is 0 Å². The summed E-state index contributed by atoms with van der Waals surface area (Å²) in [6.45, 7) is 13.6. The van der Waals surface area contributed by atoms with Gasteiger partial charge in [0.1, 0.15) is 23.7 Å². The van der Waals surface area contributed by atoms with E-state index < -0.39 is 20.0 Å². The summed E-state index contributed by atoms with van der Waals surface area (Å²) in [6.07, 6.45) is 1.64. The minimum absolute atomic E-state index is 0.0226. The number of carbonyl (C=O) groups is 1. The maximum absolute atomic E-state index is 14.0. The highest BCUT2D eigenvalue weighted by molar-refractivity contribution is 6.74. The molecule has 0 bridgehead atoms. The van der Waals surface area contributed by atoms with Crippen LogP contribution in [0.4, 0.5) is 15.9 Å². The molecule has 0 aliphatic heterocycles. The zero-order valence-corrected chi connectivity index (χ0v) is 20.9. The highest BCUT2D eigenvalue weighted by Crippen LogP contribution is 2.37. The van der Waals surface area contributed by atoms with Crippen molar-refractivity contribution in [2.75, 3.05) is 17.7 Å². The van der Waals surface area contributed by atoms with Crippen LogP contribution in [0.3, 0.4) is 0 Å². The largest absolute Gasteiger partial charge is 0.415 e. The van der Waals surface area contributed by atoms with E-state index in [-0.39, 0.29) is 22.5 Å². The van der Waals surface area contributed by atoms with Crippen LogP contribution >= 0.6 is 0 Å². The molecule has 33 heavy (non-hydrogen) atoms. The number of aromatic nitrogens is 4. The van der Waals surface area contributed by atoms with Crippen molar-refractivity contribution < 1.29 is 13.6 Å². The number of carbonyl (C=O) groups excluding carboxylic acids is 1. The number of anilines is 2. The maximum Gasteiger partial charge on any atom is 0.259 e. The molecule has 3 rings (SSSR count). The average Bonchev–Trinajstić information content (AvgIpc) is 3.23. The SMILES string of the molecule is CC(CO[Si](C)(C)C(C)(C)C)n1cnnc1-c1cccc(NC(=O)c2cc(N)ccc2F)n1. The first-order valence-corrected chi connectivity index (χ1v) is 13.7. The second-order valence-corrected chi connectivity index (χ2v) is 14.4. The molecule has 0 spiro atoms. The molecule has 3 aromatic rings. The quantitative estimate of drug-likeness (QED) is 0.376. The van der Waals surface area contributed by atoms with Crippen molar-refractivity contribution in [3.8, 4) is 11.5 Å². The van der Waals surface area contributed by atoms with Gasteiger partial charge in [-0.15, -0.1) is 10.2 Å². The van der Waals surface area contributed by atoms with Crippen molar-refractivity contribution in [3.05, 3.63) is 54.1 Å². The molecule has 10 heteroatoms. The molecule has 1 atom stereocenters. The Labute approximate surface area is 194 Å². The normalized spacial score (nSPS) is 13.1. The predicted octanol–water partition coefficient (Wildman–Crippen LogP) is 4.90. The van der Waals surface area contributed by atoms with E-state index in [4.69, 9.17) is 10.2 Å². The number of nitrogens with zero attached hydrogens (tertiary/aromatic N) is 4. The summed E-state index contributed by atoms with van der Waals surface area (Å²) in [5, 5.41) is 11.0. The molecule has 1 amide bonds. The Bertz CT molecular complexity index is 1140. The fourth-order valence-corrected chi connectivity index (χ4v) is 3.99. The van der Waals surface area contributed by atoms with Crippen LogP contribution in [0.2, 0.25) is 18.1 Å². The first-order valence-electron chi connectivity index (χ1n) is 10.8. The molecule has 0 saturated carbocycles. The number of hydrogen-bond acceptors (Lipinski definition) is 6. The summed E-state index contributed by atoms with van der Waals surface area (Å²) >= 11 is 0. The van der Waals surface area contributed by atoms with E-state index in [1.807, 2.05) is 11.5 Å². The summed E-state index contributed by atoms with van der Waals surface area (Å²) in [7, 11) is -1.90. The number of pyridine rings is 1. The molecular weight excluding hydrogens is 439 g/mol. The highest BCUT2D eigenvalue weighted by atomic mass is 28.4. The monoisotopic (exact) mass is 470 g/mol. The third-order valence-corrected chi connectivity index (χ3v) is 10.5. The van der Waals surface area contributed by atoms with E-state index in [0.29, 0.717) is 23.8 Å². The van der Waals surface area contributed by atoms with E-state index in [1.165, 1.54) is 12.1 Å². The second kappa shape index (κ2) is 9.40. The van der Waals surface area contributed by atoms with Crippen LogP contribution in [0, 0.1) is 5.82 Å². The predicted molar refractivity (Wildman–Crippen MR) is 130 cm³/mol. The third kappa shape index (κ3) is 5.63. The van der Waals surface area contributed by atoms with E-state index in [9.17, 15) is 9.18 Å². The van der Waals surface area contributed by atoms with Crippen LogP contribution in [0.15, 0.2) is 42.7 Å². The van der Waals surface area contributed by atoms with E-state index >= 15 is 0 Å². The first kappa shape index (κ1) is 24.5. The van der Waals surface area contributed by atoms with Crippen LogP contribution in [-0.2, 0) is 4.43 Å². The van der Waals surface area contributed by atoms with Gasteiger partial charge in [0.25, 0.3) is 5.91 Å². The van der Waals surface area contributed by atoms with Gasteiger partial charge in [-0.05, 0) is 55.4 Å². The minimum atomic E-state index is -1.90. The highest BCUT2D eigenvalue weighted by Gasteiger charge is 2.37. The molecule has 2 aromatic heterocycles. The van der Waals surface area contributed by atoms with E-state index in [1.54, 1.807) is 24.5 Å². The molecule has 2 heterocycles. The Balaban J connectivity index is 1.78. The van der Waals surface area contributed by atoms with Gasteiger partial charge < -0.3 is 20.0 Å². The molecule has 8 nitrogen and oxygen atoms in total. The van der Waals surface area contributed by atoms with Crippen LogP contribution in [0.1, 0.15) is 44.1 Å². The number of halogens is 1. The number of hydrogen-bond donors (Lipinski definition) is 2. The van der Waals surface area contributed by atoms with Crippen molar-refractivity contribution in [2.45, 2.75) is 51.9 Å². The second-order valence-electron chi connectivity index (χ2n) is 9.58. The van der Waals surface area contributed by atoms with Gasteiger partial charge in [0.05, 0.1) is 18.2 Å². The molecule has 1 aromatic carbocycles. The number of amides is 1. The van der Waals surface area contributed by atoms with Gasteiger partial charge in [0.15, 0.2) is 14.1 Å². The van der Waals surface area contributed by atoms with Crippen LogP contribution in [0.25, 0.3) is 11.5 Å². The lowest BCUT2D eigenvalue weighted by molar-refractivity contribution is 0.102. The zero-order valence-electron chi connectivity index (χ0n) is 19.9. The lowest BCUT2D eigenvalue weighted by atomic mass is 10.1. The van der Waals surface area contributed by atoms with Crippen molar-refractivity contribution in [3.63, 3.8) is 0 Å². The molecule has 1 unspecified atom stereocenters. The Morgan fingerprint density at radius 2 is 2.00 bits per heavy atom. The Hall–Kier alpha value is -3.11. The number of benzene rings is 1. The molecule has 0 saturated heterocycles. The smallest absolute Gasteiger partial charge is 0.259 e. The summed E-state index contributed by atoms with van der Waals surface area (Å²) in [5.41, 5.74) is 6.35. The van der Waals surface area contributed by atoms with Crippen molar-refractivity contribution in [1.82, 2.24) is 19.7 Å². The number of nitrogens with two attached hydrogens (primary N) is 1. The molecule has 176 valence electrons. The Morgan fingerprint density at radius 3 is 2.70 bits per heavy atom. The van der Waals surface area contributed by atoms with Gasteiger partial charge >= 0.3 is 0 Å². The molecule has 0 radical (unpaired) electrons. The Kier molecular flexibility index (Phi) is 6.99. The molecule has 0 aliphatic carbocycles. The number of rotatable bonds is 7. The summed E-state index contributed by atoms with van der Waals surface area (Å²) < 4.78 is 22.3. The average molecular weight is 471 g/mol. The molecule has 3 N–H and O–H groups in total. The van der Waals surface area contributed by atoms with Crippen molar-refractivity contribution >= 4 is 25.7 Å². The first-order chi connectivity index (χ1) is 15.4. The molecule has 0 fully saturated rings. The zero-order chi connectivity index (χ0) is 24.4. The topological polar surface area (TPSA) is 108 Å². The van der Waals surface area contributed by atoms with Crippen LogP contribution in [0.5, 0.6) is 0 Å². The van der Waals surface area contributed by atoms with Gasteiger partial charge in [-0.3, -0.25) is 4.79 Å². The number of nitrogen functional groups attached to an aromatic ring is 1. The number of nitrogens with one attached hydrogen (secondary N) is 1. The van der Waals surface area contributed by atoms with Gasteiger partial charge in [-0.1, -0.05) is 26.8 Å². The van der Waals surface area contributed by atoms with Crippen molar-refractivity contribution in [1.29, 1.82) is 0 Å². The van der Waals surface area contributed by atoms with Gasteiger partial charge in [-0.25, -0.2) is 9.37 Å².